The van der Waals surface area contributed by atoms with Crippen LogP contribution >= 0.6 is 11.3 Å². The van der Waals surface area contributed by atoms with E-state index >= 15 is 0 Å². The zero-order valence-electron chi connectivity index (χ0n) is 20.9. The molecule has 3 N–H and O–H groups in total. The van der Waals surface area contributed by atoms with Crippen molar-refractivity contribution in [3.05, 3.63) is 64.5 Å². The molecule has 0 bridgehead atoms. The molecule has 4 aromatic rings. The van der Waals surface area contributed by atoms with E-state index in [1.54, 1.807) is 37.3 Å². The SMILES string of the molecule is CCc1sc(NC(=O)c2cc(Oc3ccc(-c4nnc(C)o4)cc3)cc(O[C@@H]3CCNC3=O)c2)nc1C(=O)O. The molecule has 0 aliphatic carbocycles. The number of aromatic carboxylic acids is 1. The molecule has 1 saturated heterocycles. The first-order valence-electron chi connectivity index (χ1n) is 12.0. The van der Waals surface area contributed by atoms with Crippen LogP contribution in [0.1, 0.15) is 45.0 Å². The van der Waals surface area contributed by atoms with Gasteiger partial charge < -0.3 is 24.3 Å². The van der Waals surface area contributed by atoms with E-state index in [0.717, 1.165) is 11.3 Å². The highest BCUT2D eigenvalue weighted by Gasteiger charge is 2.27. The Morgan fingerprint density at radius 2 is 1.92 bits per heavy atom. The van der Waals surface area contributed by atoms with Gasteiger partial charge in [0, 0.05) is 42.0 Å². The van der Waals surface area contributed by atoms with Crippen LogP contribution < -0.4 is 20.1 Å². The normalized spacial score (nSPS) is 14.6. The Labute approximate surface area is 226 Å². The number of anilines is 1. The first-order chi connectivity index (χ1) is 18.8. The maximum atomic E-state index is 13.1. The van der Waals surface area contributed by atoms with Gasteiger partial charge in [-0.05, 0) is 42.8 Å². The molecule has 200 valence electrons. The number of amides is 2. The molecule has 2 aromatic carbocycles. The van der Waals surface area contributed by atoms with E-state index in [1.807, 2.05) is 6.92 Å². The summed E-state index contributed by atoms with van der Waals surface area (Å²) in [6.45, 7) is 4.01. The van der Waals surface area contributed by atoms with E-state index in [1.165, 1.54) is 12.1 Å². The molecule has 12 nitrogen and oxygen atoms in total. The minimum Gasteiger partial charge on any atom is -0.480 e. The van der Waals surface area contributed by atoms with Crippen LogP contribution in [0, 0.1) is 6.92 Å². The van der Waals surface area contributed by atoms with Crippen LogP contribution in [0.3, 0.4) is 0 Å². The molecule has 1 aliphatic heterocycles. The highest BCUT2D eigenvalue weighted by molar-refractivity contribution is 7.16. The molecule has 39 heavy (non-hydrogen) atoms. The number of aromatic nitrogens is 3. The van der Waals surface area contributed by atoms with Gasteiger partial charge in [0.15, 0.2) is 16.9 Å². The first-order valence-corrected chi connectivity index (χ1v) is 12.8. The quantitative estimate of drug-likeness (QED) is 0.277. The van der Waals surface area contributed by atoms with Gasteiger partial charge in [0.2, 0.25) is 11.8 Å². The Morgan fingerprint density at radius 3 is 2.54 bits per heavy atom. The zero-order chi connectivity index (χ0) is 27.5. The van der Waals surface area contributed by atoms with E-state index < -0.39 is 18.0 Å². The molecule has 13 heteroatoms. The second-order valence-corrected chi connectivity index (χ2v) is 9.62. The lowest BCUT2D eigenvalue weighted by Gasteiger charge is -2.14. The van der Waals surface area contributed by atoms with Gasteiger partial charge in [0.25, 0.3) is 11.8 Å². The largest absolute Gasteiger partial charge is 0.480 e. The first kappa shape index (κ1) is 25.9. The summed E-state index contributed by atoms with van der Waals surface area (Å²) >= 11 is 1.09. The molecule has 0 spiro atoms. The minimum absolute atomic E-state index is 0.0923. The monoisotopic (exact) mass is 549 g/mol. The molecule has 0 unspecified atom stereocenters. The minimum atomic E-state index is -1.16. The van der Waals surface area contributed by atoms with Crippen LogP contribution in [-0.2, 0) is 11.2 Å². The summed E-state index contributed by atoms with van der Waals surface area (Å²) in [6.07, 6.45) is 0.251. The highest BCUT2D eigenvalue weighted by Crippen LogP contribution is 2.31. The van der Waals surface area contributed by atoms with Gasteiger partial charge >= 0.3 is 5.97 Å². The number of benzene rings is 2. The number of carbonyl (C=O) groups excluding carboxylic acids is 2. The second-order valence-electron chi connectivity index (χ2n) is 8.54. The van der Waals surface area contributed by atoms with Crippen LogP contribution in [0.4, 0.5) is 5.13 Å². The number of carbonyl (C=O) groups is 3. The Hall–Kier alpha value is -4.78. The predicted octanol–water partition coefficient (Wildman–Crippen LogP) is 4.07. The molecule has 0 saturated carbocycles. The summed E-state index contributed by atoms with van der Waals surface area (Å²) in [5, 5.41) is 22.7. The average molecular weight is 550 g/mol. The number of ether oxygens (including phenoxy) is 2. The fourth-order valence-corrected chi connectivity index (χ4v) is 4.76. The Morgan fingerprint density at radius 1 is 1.15 bits per heavy atom. The Bertz CT molecular complexity index is 1550. The summed E-state index contributed by atoms with van der Waals surface area (Å²) in [4.78, 5) is 41.3. The maximum absolute atomic E-state index is 13.1. The summed E-state index contributed by atoms with van der Waals surface area (Å²) in [7, 11) is 0. The van der Waals surface area contributed by atoms with Crippen molar-refractivity contribution in [3.63, 3.8) is 0 Å². The lowest BCUT2D eigenvalue weighted by Crippen LogP contribution is -2.27. The van der Waals surface area contributed by atoms with Gasteiger partial charge in [-0.1, -0.05) is 6.92 Å². The molecule has 1 atom stereocenters. The van der Waals surface area contributed by atoms with Gasteiger partial charge in [-0.3, -0.25) is 14.9 Å². The van der Waals surface area contributed by atoms with Crippen LogP contribution in [0.15, 0.2) is 46.9 Å². The Kier molecular flexibility index (Phi) is 7.23. The van der Waals surface area contributed by atoms with Gasteiger partial charge in [-0.2, -0.15) is 0 Å². The predicted molar refractivity (Wildman–Crippen MR) is 139 cm³/mol. The van der Waals surface area contributed by atoms with Gasteiger partial charge in [0.1, 0.15) is 17.2 Å². The van der Waals surface area contributed by atoms with Crippen molar-refractivity contribution in [2.24, 2.45) is 0 Å². The van der Waals surface area contributed by atoms with Crippen LogP contribution in [0.25, 0.3) is 11.5 Å². The number of hydrogen-bond donors (Lipinski definition) is 3. The third kappa shape index (κ3) is 5.88. The molecule has 2 amide bonds. The summed E-state index contributed by atoms with van der Waals surface area (Å²) < 4.78 is 17.3. The van der Waals surface area contributed by atoms with E-state index in [-0.39, 0.29) is 33.8 Å². The number of thiazole rings is 1. The number of hydrogen-bond acceptors (Lipinski definition) is 10. The number of aryl methyl sites for hydroxylation is 2. The van der Waals surface area contributed by atoms with Gasteiger partial charge in [-0.25, -0.2) is 9.78 Å². The van der Waals surface area contributed by atoms with Crippen molar-refractivity contribution in [2.75, 3.05) is 11.9 Å². The van der Waals surface area contributed by atoms with Crippen molar-refractivity contribution >= 4 is 34.3 Å². The number of carboxylic acids is 1. The van der Waals surface area contributed by atoms with Crippen LogP contribution in [0.5, 0.6) is 17.2 Å². The topological polar surface area (TPSA) is 166 Å². The van der Waals surface area contributed by atoms with Crippen LogP contribution in [0.2, 0.25) is 0 Å². The molecular weight excluding hydrogens is 526 g/mol. The molecule has 0 radical (unpaired) electrons. The molecule has 3 heterocycles. The number of carboxylic acid groups (broad SMARTS) is 1. The van der Waals surface area contributed by atoms with E-state index in [0.29, 0.717) is 47.4 Å². The molecule has 5 rings (SSSR count). The third-order valence-electron chi connectivity index (χ3n) is 5.72. The van der Waals surface area contributed by atoms with Crippen molar-refractivity contribution in [1.82, 2.24) is 20.5 Å². The number of nitrogens with one attached hydrogen (secondary N) is 2. The van der Waals surface area contributed by atoms with Crippen molar-refractivity contribution in [3.8, 4) is 28.7 Å². The van der Waals surface area contributed by atoms with Crippen LogP contribution in [-0.4, -0.2) is 50.7 Å². The van der Waals surface area contributed by atoms with Crippen molar-refractivity contribution < 1.29 is 33.4 Å². The fourth-order valence-electron chi connectivity index (χ4n) is 3.87. The summed E-state index contributed by atoms with van der Waals surface area (Å²) in [5.74, 6) is -0.101. The van der Waals surface area contributed by atoms with E-state index in [4.69, 9.17) is 13.9 Å². The standard InChI is InChI=1S/C26H23N5O7S/c1-3-20-21(25(34)35)28-26(39-20)29-22(32)15-10-17(12-18(11-15)38-19-8-9-27-23(19)33)37-16-6-4-14(5-7-16)24-31-30-13(2)36-24/h4-7,10-12,19H,3,8-9H2,1-2H3,(H,27,33)(H,34,35)(H,28,29,32)/t19-/m1/s1. The van der Waals surface area contributed by atoms with E-state index in [9.17, 15) is 19.5 Å². The lowest BCUT2D eigenvalue weighted by molar-refractivity contribution is -0.124. The smallest absolute Gasteiger partial charge is 0.355 e. The van der Waals surface area contributed by atoms with Crippen molar-refractivity contribution in [2.45, 2.75) is 32.8 Å². The zero-order valence-corrected chi connectivity index (χ0v) is 21.7. The maximum Gasteiger partial charge on any atom is 0.355 e. The Balaban J connectivity index is 1.40. The average Bonchev–Trinajstić information content (AvgIpc) is 3.64. The second kappa shape index (κ2) is 10.9. The molecule has 2 aromatic heterocycles. The number of nitrogens with zero attached hydrogens (tertiary/aromatic N) is 3. The fraction of sp³-hybridized carbons (Fsp3) is 0.231. The van der Waals surface area contributed by atoms with E-state index in [2.05, 4.69) is 25.8 Å². The lowest BCUT2D eigenvalue weighted by atomic mass is 10.1. The molecule has 1 fully saturated rings. The van der Waals surface area contributed by atoms with Gasteiger partial charge in [-0.15, -0.1) is 21.5 Å². The highest BCUT2D eigenvalue weighted by atomic mass is 32.1. The number of rotatable bonds is 9. The summed E-state index contributed by atoms with van der Waals surface area (Å²) in [6, 6.07) is 11.5. The molecular formula is C26H23N5O7S. The summed E-state index contributed by atoms with van der Waals surface area (Å²) in [5.41, 5.74) is 0.789. The molecule has 1 aliphatic rings. The van der Waals surface area contributed by atoms with Gasteiger partial charge in [0.05, 0.1) is 0 Å². The van der Waals surface area contributed by atoms with Crippen molar-refractivity contribution in [1.29, 1.82) is 0 Å². The third-order valence-corrected chi connectivity index (χ3v) is 6.84.